The number of benzene rings is 11. The molecule has 0 saturated heterocycles. The number of fused-ring (bicyclic) bond motifs is 8. The molecule has 11 aromatic carbocycles. The van der Waals surface area contributed by atoms with Gasteiger partial charge in [-0.15, -0.1) is 0 Å². The number of aryl methyl sites for hydroxylation is 2. The van der Waals surface area contributed by atoms with Gasteiger partial charge in [0.2, 0.25) is 0 Å². The lowest BCUT2D eigenvalue weighted by atomic mass is 9.69. The molecular weight excluding hydrogens is 1180 g/mol. The number of hydrogen-bond donors (Lipinski definition) is 0. The Morgan fingerprint density at radius 3 is 0.867 bits per heavy atom. The Bertz CT molecular complexity index is 4390. The maximum absolute atomic E-state index is 2.72. The van der Waals surface area contributed by atoms with Crippen LogP contribution in [-0.4, -0.2) is 0 Å². The molecule has 0 fully saturated rings. The highest BCUT2D eigenvalue weighted by atomic mass is 14.5. The molecule has 0 N–H and O–H groups in total. The molecule has 2 aliphatic carbocycles. The first-order chi connectivity index (χ1) is 48.2. The van der Waals surface area contributed by atoms with Crippen LogP contribution in [-0.2, 0) is 10.8 Å². The number of unbranched alkanes of at least 4 members (excludes halogenated alkanes) is 20. The van der Waals surface area contributed by atoms with Crippen LogP contribution in [0.5, 0.6) is 0 Å². The first kappa shape index (κ1) is 68.5. The fraction of sp³-hybridized carbons (Fsp3) is 0.367. The van der Waals surface area contributed by atoms with Crippen LogP contribution in [0.1, 0.15) is 241 Å². The van der Waals surface area contributed by atoms with E-state index in [1.54, 1.807) is 22.3 Å². The molecule has 98 heavy (non-hydrogen) atoms. The van der Waals surface area contributed by atoms with Gasteiger partial charge in [-0.2, -0.15) is 0 Å². The van der Waals surface area contributed by atoms with Crippen LogP contribution in [0.3, 0.4) is 0 Å². The second-order valence-electron chi connectivity index (χ2n) is 30.2. The van der Waals surface area contributed by atoms with Crippen molar-refractivity contribution >= 4 is 21.5 Å². The Labute approximate surface area is 590 Å². The van der Waals surface area contributed by atoms with Crippen molar-refractivity contribution in [3.63, 3.8) is 0 Å². The van der Waals surface area contributed by atoms with Crippen molar-refractivity contribution in [2.75, 3.05) is 0 Å². The Morgan fingerprint density at radius 2 is 0.469 bits per heavy atom. The van der Waals surface area contributed by atoms with E-state index >= 15 is 0 Å². The summed E-state index contributed by atoms with van der Waals surface area (Å²) in [5.74, 6) is 0. The standard InChI is InChI=1S/C98H110/c1-7-11-15-19-23-33-53-97(54-34-24-20-16-12-8-2)93-58-72(6)42-49-89(93)90-51-47-79(69-95(90)97)85-65-86(67-88(66-85)87-63-82(73-37-29-27-30-38-73)62-83(64-87)74-39-31-28-32-40-74)80-48-52-92-91-50-46-78(75-44-45-77-60-81-57-71(5)41-43-76(81)61-84(77)59-75)68-94(91)98(96(92)70-80,55-35-25-21-17-13-9-3)56-36-26-22-18-14-10-4/h27-32,37-52,57-70H,7-26,33-36,53-56H2,1-6H3. The van der Waals surface area contributed by atoms with Gasteiger partial charge >= 0.3 is 0 Å². The minimum atomic E-state index is -0.116. The minimum Gasteiger partial charge on any atom is -0.0654 e. The van der Waals surface area contributed by atoms with Crippen molar-refractivity contribution in [2.24, 2.45) is 0 Å². The van der Waals surface area contributed by atoms with E-state index in [9.17, 15) is 0 Å². The van der Waals surface area contributed by atoms with Gasteiger partial charge in [0.25, 0.3) is 0 Å². The topological polar surface area (TPSA) is 0 Å². The summed E-state index contributed by atoms with van der Waals surface area (Å²) < 4.78 is 0. The van der Waals surface area contributed by atoms with E-state index < -0.39 is 0 Å². The maximum atomic E-state index is 2.72. The average Bonchev–Trinajstić information content (AvgIpc) is 1.56. The lowest BCUT2D eigenvalue weighted by Crippen LogP contribution is -2.25. The van der Waals surface area contributed by atoms with Crippen molar-refractivity contribution in [1.82, 2.24) is 0 Å². The highest BCUT2D eigenvalue weighted by Gasteiger charge is 2.44. The molecule has 0 heterocycles. The van der Waals surface area contributed by atoms with Crippen LogP contribution in [0.25, 0.3) is 111 Å². The highest BCUT2D eigenvalue weighted by molar-refractivity contribution is 6.00. The summed E-state index contributed by atoms with van der Waals surface area (Å²) in [5, 5.41) is 5.23. The van der Waals surface area contributed by atoms with Gasteiger partial charge in [-0.1, -0.05) is 339 Å². The van der Waals surface area contributed by atoms with Gasteiger partial charge in [0.05, 0.1) is 0 Å². The molecular formula is C98H110. The summed E-state index contributed by atoms with van der Waals surface area (Å²) in [7, 11) is 0. The van der Waals surface area contributed by atoms with Crippen molar-refractivity contribution in [3.05, 3.63) is 252 Å². The zero-order chi connectivity index (χ0) is 67.3. The SMILES string of the molecule is CCCCCCCCC1(CCCCCCCC)c2cc(C)ccc2-c2ccc(-c3cc(-c4cc(-c5ccccc5)cc(-c5ccccc5)c4)cc(-c4ccc5c(c4)C(CCCCCCCC)(CCCCCCCC)c4cc(-c6ccc7cc8cc(C)ccc8cc7c6)ccc4-5)c3)cc21. The van der Waals surface area contributed by atoms with Crippen molar-refractivity contribution in [3.8, 4) is 89.0 Å². The smallest absolute Gasteiger partial charge is 0.0215 e. The Balaban J connectivity index is 0.981. The molecule has 0 nitrogen and oxygen atoms in total. The Kier molecular flexibility index (Phi) is 22.6. The molecule has 502 valence electrons. The van der Waals surface area contributed by atoms with Crippen LogP contribution in [0, 0.1) is 13.8 Å². The second kappa shape index (κ2) is 32.3. The summed E-state index contributed by atoms with van der Waals surface area (Å²) in [5.41, 5.74) is 29.9. The van der Waals surface area contributed by atoms with E-state index in [2.05, 4.69) is 260 Å². The molecule has 0 aliphatic heterocycles. The fourth-order valence-corrected chi connectivity index (χ4v) is 17.6. The molecule has 0 unspecified atom stereocenters. The fourth-order valence-electron chi connectivity index (χ4n) is 17.6. The largest absolute Gasteiger partial charge is 0.0654 e. The first-order valence-electron chi connectivity index (χ1n) is 39.1. The molecule has 0 spiro atoms. The van der Waals surface area contributed by atoms with Gasteiger partial charge in [0, 0.05) is 10.8 Å². The maximum Gasteiger partial charge on any atom is 0.0215 e. The van der Waals surface area contributed by atoms with Crippen molar-refractivity contribution in [2.45, 2.75) is 232 Å². The van der Waals surface area contributed by atoms with Crippen molar-refractivity contribution in [1.29, 1.82) is 0 Å². The van der Waals surface area contributed by atoms with Gasteiger partial charge in [0.15, 0.2) is 0 Å². The normalized spacial score (nSPS) is 13.3. The third-order valence-corrected chi connectivity index (χ3v) is 23.1. The molecule has 0 bridgehead atoms. The lowest BCUT2D eigenvalue weighted by molar-refractivity contribution is 0.398. The van der Waals surface area contributed by atoms with E-state index in [4.69, 9.17) is 0 Å². The van der Waals surface area contributed by atoms with Crippen molar-refractivity contribution < 1.29 is 0 Å². The Morgan fingerprint density at radius 1 is 0.194 bits per heavy atom. The van der Waals surface area contributed by atoms with E-state index in [-0.39, 0.29) is 10.8 Å². The predicted molar refractivity (Wildman–Crippen MR) is 428 cm³/mol. The molecule has 0 amide bonds. The second-order valence-corrected chi connectivity index (χ2v) is 30.2. The van der Waals surface area contributed by atoms with Gasteiger partial charge in [-0.25, -0.2) is 0 Å². The molecule has 0 atom stereocenters. The monoisotopic (exact) mass is 1290 g/mol. The third-order valence-electron chi connectivity index (χ3n) is 23.1. The molecule has 0 radical (unpaired) electrons. The summed E-state index contributed by atoms with van der Waals surface area (Å²) in [4.78, 5) is 0. The van der Waals surface area contributed by atoms with Crippen LogP contribution in [0.15, 0.2) is 218 Å². The number of hydrogen-bond acceptors (Lipinski definition) is 0. The minimum absolute atomic E-state index is 0.0239. The molecule has 0 aromatic heterocycles. The summed E-state index contributed by atoms with van der Waals surface area (Å²) >= 11 is 0. The molecule has 2 aliphatic rings. The van der Waals surface area contributed by atoms with Crippen LogP contribution in [0.2, 0.25) is 0 Å². The van der Waals surface area contributed by atoms with Crippen LogP contribution < -0.4 is 0 Å². The van der Waals surface area contributed by atoms with Gasteiger partial charge in [-0.3, -0.25) is 0 Å². The van der Waals surface area contributed by atoms with Gasteiger partial charge in [0.1, 0.15) is 0 Å². The molecule has 0 heteroatoms. The van der Waals surface area contributed by atoms with E-state index in [1.165, 1.54) is 301 Å². The highest BCUT2D eigenvalue weighted by Crippen LogP contribution is 2.58. The molecule has 13 rings (SSSR count). The van der Waals surface area contributed by atoms with Crippen LogP contribution in [0.4, 0.5) is 0 Å². The summed E-state index contributed by atoms with van der Waals surface area (Å²) in [6.45, 7) is 13.9. The quantitative estimate of drug-likeness (QED) is 0.0279. The third kappa shape index (κ3) is 15.1. The van der Waals surface area contributed by atoms with Gasteiger partial charge in [-0.05, 0) is 245 Å². The molecule has 11 aromatic rings. The van der Waals surface area contributed by atoms with Crippen LogP contribution >= 0.6 is 0 Å². The molecule has 0 saturated carbocycles. The number of rotatable bonds is 34. The van der Waals surface area contributed by atoms with E-state index in [0.29, 0.717) is 0 Å². The van der Waals surface area contributed by atoms with Gasteiger partial charge < -0.3 is 0 Å². The summed E-state index contributed by atoms with van der Waals surface area (Å²) in [6.07, 6.45) is 36.0. The zero-order valence-corrected chi connectivity index (χ0v) is 60.6. The van der Waals surface area contributed by atoms with E-state index in [1.807, 2.05) is 0 Å². The Hall–Kier alpha value is -8.06. The average molecular weight is 1290 g/mol. The lowest BCUT2D eigenvalue weighted by Gasteiger charge is -2.33. The predicted octanol–water partition coefficient (Wildman–Crippen LogP) is 30.1. The zero-order valence-electron chi connectivity index (χ0n) is 60.6. The van der Waals surface area contributed by atoms with E-state index in [0.717, 1.165) is 0 Å². The first-order valence-corrected chi connectivity index (χ1v) is 39.1. The summed E-state index contributed by atoms with van der Waals surface area (Å²) in [6, 6.07) is 86.7.